The Bertz CT molecular complexity index is 212. The minimum absolute atomic E-state index is 0.270. The number of carbonyl (C=O) groups is 1. The molecule has 4 nitrogen and oxygen atoms in total. The maximum atomic E-state index is 10.5. The van der Waals surface area contributed by atoms with Crippen LogP contribution in [-0.2, 0) is 9.53 Å². The number of rotatable bonds is 6. The van der Waals surface area contributed by atoms with Crippen LogP contribution < -0.4 is 0 Å². The van der Waals surface area contributed by atoms with Gasteiger partial charge in [0.25, 0.3) is 0 Å². The van der Waals surface area contributed by atoms with Crippen LogP contribution in [0.2, 0.25) is 0 Å². The van der Waals surface area contributed by atoms with Gasteiger partial charge in [-0.25, -0.2) is 0 Å². The number of ether oxygens (including phenoxy) is 1. The summed E-state index contributed by atoms with van der Waals surface area (Å²) in [6.07, 6.45) is 3.57. The summed E-state index contributed by atoms with van der Waals surface area (Å²) in [5.74, 6) is -0.698. The third kappa shape index (κ3) is 4.49. The van der Waals surface area contributed by atoms with Gasteiger partial charge in [0, 0.05) is 32.2 Å². The van der Waals surface area contributed by atoms with Crippen LogP contribution in [0.3, 0.4) is 0 Å². The van der Waals surface area contributed by atoms with Gasteiger partial charge in [0.2, 0.25) is 0 Å². The third-order valence-electron chi connectivity index (χ3n) is 3.28. The summed E-state index contributed by atoms with van der Waals surface area (Å²) in [5.41, 5.74) is 0. The van der Waals surface area contributed by atoms with Gasteiger partial charge in [0.15, 0.2) is 0 Å². The molecule has 94 valence electrons. The molecule has 1 atom stereocenters. The van der Waals surface area contributed by atoms with E-state index in [1.54, 1.807) is 0 Å². The molecule has 0 bridgehead atoms. The van der Waals surface area contributed by atoms with Crippen molar-refractivity contribution < 1.29 is 14.6 Å². The summed E-state index contributed by atoms with van der Waals surface area (Å²) in [5, 5.41) is 8.63. The second kappa shape index (κ2) is 6.86. The number of nitrogens with zero attached hydrogens (tertiary/aromatic N) is 1. The molecular weight excluding hydrogens is 206 g/mol. The molecule has 0 saturated carbocycles. The molecule has 0 aromatic carbocycles. The molecule has 1 rings (SSSR count). The Morgan fingerprint density at radius 1 is 1.50 bits per heavy atom. The van der Waals surface area contributed by atoms with Crippen LogP contribution in [0.4, 0.5) is 0 Å². The molecule has 1 unspecified atom stereocenters. The lowest BCUT2D eigenvalue weighted by Gasteiger charge is -2.35. The molecule has 1 heterocycles. The predicted molar refractivity (Wildman–Crippen MR) is 62.6 cm³/mol. The zero-order valence-electron chi connectivity index (χ0n) is 10.3. The highest BCUT2D eigenvalue weighted by Gasteiger charge is 2.22. The van der Waals surface area contributed by atoms with Gasteiger partial charge in [-0.15, -0.1) is 0 Å². The zero-order chi connectivity index (χ0) is 12.0. The highest BCUT2D eigenvalue weighted by molar-refractivity contribution is 5.66. The molecule has 1 aliphatic heterocycles. The van der Waals surface area contributed by atoms with E-state index in [4.69, 9.17) is 9.84 Å². The average Bonchev–Trinajstić information content (AvgIpc) is 2.27. The molecule has 1 fully saturated rings. The number of piperidine rings is 1. The number of carboxylic acid groups (broad SMARTS) is 1. The van der Waals surface area contributed by atoms with E-state index in [1.165, 1.54) is 0 Å². The van der Waals surface area contributed by atoms with Gasteiger partial charge in [0.05, 0.1) is 6.10 Å². The lowest BCUT2D eigenvalue weighted by molar-refractivity contribution is -0.137. The molecule has 0 amide bonds. The van der Waals surface area contributed by atoms with Crippen molar-refractivity contribution >= 4 is 5.97 Å². The number of hydrogen-bond donors (Lipinski definition) is 1. The van der Waals surface area contributed by atoms with Gasteiger partial charge >= 0.3 is 5.97 Å². The third-order valence-corrected chi connectivity index (χ3v) is 3.28. The molecule has 1 saturated heterocycles. The van der Waals surface area contributed by atoms with Crippen LogP contribution in [-0.4, -0.2) is 47.8 Å². The molecule has 0 aromatic heterocycles. The van der Waals surface area contributed by atoms with Gasteiger partial charge < -0.3 is 14.7 Å². The Labute approximate surface area is 97.6 Å². The van der Waals surface area contributed by atoms with Crippen molar-refractivity contribution in [3.8, 4) is 0 Å². The smallest absolute Gasteiger partial charge is 0.303 e. The number of likely N-dealkylation sites (tertiary alicyclic amines) is 1. The summed E-state index contributed by atoms with van der Waals surface area (Å²) in [6, 6.07) is 0.374. The summed E-state index contributed by atoms with van der Waals surface area (Å²) >= 11 is 0. The van der Waals surface area contributed by atoms with Gasteiger partial charge in [-0.05, 0) is 33.1 Å². The fourth-order valence-corrected chi connectivity index (χ4v) is 2.23. The summed E-state index contributed by atoms with van der Waals surface area (Å²) in [7, 11) is 0. The summed E-state index contributed by atoms with van der Waals surface area (Å²) < 4.78 is 5.59. The summed E-state index contributed by atoms with van der Waals surface area (Å²) in [6.45, 7) is 7.00. The first-order valence-electron chi connectivity index (χ1n) is 6.21. The highest BCUT2D eigenvalue weighted by atomic mass is 16.5. The van der Waals surface area contributed by atoms with Crippen LogP contribution in [0.15, 0.2) is 0 Å². The topological polar surface area (TPSA) is 49.8 Å². The van der Waals surface area contributed by atoms with Crippen molar-refractivity contribution in [2.45, 2.75) is 51.7 Å². The Morgan fingerprint density at radius 3 is 2.62 bits per heavy atom. The van der Waals surface area contributed by atoms with Crippen LogP contribution in [0.25, 0.3) is 0 Å². The maximum absolute atomic E-state index is 10.5. The van der Waals surface area contributed by atoms with Crippen molar-refractivity contribution in [1.82, 2.24) is 4.90 Å². The molecule has 0 spiro atoms. The van der Waals surface area contributed by atoms with E-state index < -0.39 is 5.97 Å². The first kappa shape index (κ1) is 13.5. The molecule has 1 N–H and O–H groups in total. The Hall–Kier alpha value is -0.610. The van der Waals surface area contributed by atoms with Crippen LogP contribution >= 0.6 is 0 Å². The van der Waals surface area contributed by atoms with Crippen molar-refractivity contribution in [2.75, 3.05) is 19.7 Å². The second-order valence-electron chi connectivity index (χ2n) is 4.47. The van der Waals surface area contributed by atoms with Crippen LogP contribution in [0, 0.1) is 0 Å². The normalized spacial score (nSPS) is 20.9. The van der Waals surface area contributed by atoms with Crippen LogP contribution in [0.5, 0.6) is 0 Å². The Kier molecular flexibility index (Phi) is 5.77. The predicted octanol–water partition coefficient (Wildman–Crippen LogP) is 1.74. The highest BCUT2D eigenvalue weighted by Crippen LogP contribution is 2.17. The second-order valence-corrected chi connectivity index (χ2v) is 4.47. The lowest BCUT2D eigenvalue weighted by atomic mass is 10.0. The van der Waals surface area contributed by atoms with Gasteiger partial charge in [-0.2, -0.15) is 0 Å². The van der Waals surface area contributed by atoms with Gasteiger partial charge in [-0.3, -0.25) is 4.79 Å². The number of carboxylic acids is 1. The molecular formula is C12H23NO3. The fourth-order valence-electron chi connectivity index (χ4n) is 2.23. The molecule has 0 radical (unpaired) electrons. The molecule has 0 aliphatic carbocycles. The van der Waals surface area contributed by atoms with E-state index in [9.17, 15) is 4.79 Å². The SMILES string of the molecule is CCOC1CCN(C(C)CCC(=O)O)CC1. The molecule has 4 heteroatoms. The zero-order valence-corrected chi connectivity index (χ0v) is 10.3. The fraction of sp³-hybridized carbons (Fsp3) is 0.917. The summed E-state index contributed by atoms with van der Waals surface area (Å²) in [4.78, 5) is 12.9. The molecule has 0 aromatic rings. The first-order valence-corrected chi connectivity index (χ1v) is 6.21. The Balaban J connectivity index is 2.21. The Morgan fingerprint density at radius 2 is 2.12 bits per heavy atom. The molecule has 16 heavy (non-hydrogen) atoms. The van der Waals surface area contributed by atoms with E-state index in [1.807, 2.05) is 6.92 Å². The van der Waals surface area contributed by atoms with Crippen LogP contribution in [0.1, 0.15) is 39.5 Å². The van der Waals surface area contributed by atoms with Crippen molar-refractivity contribution in [1.29, 1.82) is 0 Å². The van der Waals surface area contributed by atoms with E-state index in [0.717, 1.165) is 39.0 Å². The van der Waals surface area contributed by atoms with E-state index in [-0.39, 0.29) is 6.42 Å². The van der Waals surface area contributed by atoms with E-state index in [0.29, 0.717) is 12.1 Å². The van der Waals surface area contributed by atoms with Gasteiger partial charge in [0.1, 0.15) is 0 Å². The van der Waals surface area contributed by atoms with Crippen molar-refractivity contribution in [2.24, 2.45) is 0 Å². The standard InChI is InChI=1S/C12H23NO3/c1-3-16-11-6-8-13(9-7-11)10(2)4-5-12(14)15/h10-11H,3-9H2,1-2H3,(H,14,15). The minimum atomic E-state index is -0.698. The first-order chi connectivity index (χ1) is 7.63. The van der Waals surface area contributed by atoms with Crippen molar-refractivity contribution in [3.63, 3.8) is 0 Å². The minimum Gasteiger partial charge on any atom is -0.481 e. The monoisotopic (exact) mass is 229 g/mol. The largest absolute Gasteiger partial charge is 0.481 e. The van der Waals surface area contributed by atoms with E-state index >= 15 is 0 Å². The number of aliphatic carboxylic acids is 1. The maximum Gasteiger partial charge on any atom is 0.303 e. The lowest BCUT2D eigenvalue weighted by Crippen LogP contribution is -2.42. The van der Waals surface area contributed by atoms with Gasteiger partial charge in [-0.1, -0.05) is 0 Å². The quantitative estimate of drug-likeness (QED) is 0.753. The average molecular weight is 229 g/mol. The number of hydrogen-bond acceptors (Lipinski definition) is 3. The van der Waals surface area contributed by atoms with Crippen molar-refractivity contribution in [3.05, 3.63) is 0 Å². The molecule has 1 aliphatic rings. The van der Waals surface area contributed by atoms with E-state index in [2.05, 4.69) is 11.8 Å².